The lowest BCUT2D eigenvalue weighted by Gasteiger charge is -2.59. The Morgan fingerprint density at radius 1 is 0.706 bits per heavy atom. The Labute approximate surface area is 217 Å². The number of nitrogens with two attached hydrogens (primary N) is 2. The minimum absolute atomic E-state index is 0.159. The topological polar surface area (TPSA) is 79.7 Å². The summed E-state index contributed by atoms with van der Waals surface area (Å²) in [5.74, 6) is 0. The van der Waals surface area contributed by atoms with Gasteiger partial charge >= 0.3 is 0 Å². The maximum Gasteiger partial charge on any atom is 0.216 e. The molecular formula is C25H62N2O3Si4. The van der Waals surface area contributed by atoms with Gasteiger partial charge in [0.05, 0.1) is 24.2 Å². The molecule has 0 aliphatic rings. The molecule has 9 heteroatoms. The Hall–Kier alpha value is 0.668. The van der Waals surface area contributed by atoms with Crippen molar-refractivity contribution in [1.29, 1.82) is 0 Å². The number of hydrogen-bond acceptors (Lipinski definition) is 5. The Bertz CT molecular complexity index is 662. The molecule has 3 unspecified atom stereocenters. The quantitative estimate of drug-likeness (QED) is 0.166. The Morgan fingerprint density at radius 2 is 1.18 bits per heavy atom. The number of hydrogen-bond donors (Lipinski definition) is 2. The molecule has 0 aliphatic carbocycles. The van der Waals surface area contributed by atoms with E-state index in [9.17, 15) is 0 Å². The molecule has 0 saturated heterocycles. The lowest BCUT2D eigenvalue weighted by molar-refractivity contribution is 0.00573. The van der Waals surface area contributed by atoms with Gasteiger partial charge in [0.15, 0.2) is 16.6 Å². The molecular weight excluding hydrogens is 489 g/mol. The van der Waals surface area contributed by atoms with E-state index in [-0.39, 0.29) is 10.3 Å². The summed E-state index contributed by atoms with van der Waals surface area (Å²) in [6.07, 6.45) is 2.75. The normalized spacial score (nSPS) is 19.9. The maximum absolute atomic E-state index is 7.30. The van der Waals surface area contributed by atoms with Crippen LogP contribution in [-0.2, 0) is 13.3 Å². The second kappa shape index (κ2) is 11.2. The minimum atomic E-state index is -2.44. The van der Waals surface area contributed by atoms with Crippen LogP contribution in [0, 0.1) is 0 Å². The van der Waals surface area contributed by atoms with Crippen molar-refractivity contribution in [2.24, 2.45) is 11.5 Å². The van der Waals surface area contributed by atoms with Crippen molar-refractivity contribution in [3.63, 3.8) is 0 Å². The van der Waals surface area contributed by atoms with Crippen LogP contribution in [0.15, 0.2) is 0 Å². The van der Waals surface area contributed by atoms with Crippen LogP contribution in [0.2, 0.25) is 70.0 Å². The van der Waals surface area contributed by atoms with E-state index in [4.69, 9.17) is 24.7 Å². The highest BCUT2D eigenvalue weighted by molar-refractivity contribution is 6.82. The SMILES string of the molecule is CCC(N)(O[Si](C)(CCCN)C(C)(CC)C(C)(C)O[Si](C)(C)C(C)(C)O[Si](C)(C)C)[Si](C)(C)C. The van der Waals surface area contributed by atoms with Crippen LogP contribution in [-0.4, -0.2) is 55.7 Å². The first kappa shape index (κ1) is 34.7. The highest BCUT2D eigenvalue weighted by atomic mass is 28.4. The molecule has 5 nitrogen and oxygen atoms in total. The molecule has 0 aliphatic heterocycles. The van der Waals surface area contributed by atoms with Gasteiger partial charge in [0.2, 0.25) is 8.32 Å². The summed E-state index contributed by atoms with van der Waals surface area (Å²) in [6.45, 7) is 37.3. The molecule has 34 heavy (non-hydrogen) atoms. The molecule has 0 rings (SSSR count). The van der Waals surface area contributed by atoms with Crippen molar-refractivity contribution >= 4 is 33.0 Å². The Morgan fingerprint density at radius 3 is 1.50 bits per heavy atom. The standard InChI is InChI=1S/C25H62N2O3Si4/c1-17-24(7,22(3,4)28-33(14,15)23(5,6)29-32(11,12)13)34(16,21-19-20-26)30-25(27,18-2)31(8,9)10/h17-21,26-27H2,1-16H3. The molecule has 206 valence electrons. The smallest absolute Gasteiger partial charge is 0.216 e. The van der Waals surface area contributed by atoms with Crippen molar-refractivity contribution < 1.29 is 13.3 Å². The maximum atomic E-state index is 7.30. The van der Waals surface area contributed by atoms with Gasteiger partial charge in [0.1, 0.15) is 0 Å². The summed E-state index contributed by atoms with van der Waals surface area (Å²) in [4.78, 5) is 0. The average molecular weight is 551 g/mol. The summed E-state index contributed by atoms with van der Waals surface area (Å²) in [6, 6.07) is 0.987. The molecule has 0 amide bonds. The van der Waals surface area contributed by atoms with Gasteiger partial charge < -0.3 is 24.7 Å². The van der Waals surface area contributed by atoms with E-state index in [1.54, 1.807) is 0 Å². The Balaban J connectivity index is 6.60. The molecule has 0 bridgehead atoms. The van der Waals surface area contributed by atoms with Crippen molar-refractivity contribution in [2.75, 3.05) is 6.54 Å². The van der Waals surface area contributed by atoms with Crippen LogP contribution in [0.4, 0.5) is 0 Å². The van der Waals surface area contributed by atoms with E-state index >= 15 is 0 Å². The highest BCUT2D eigenvalue weighted by Crippen LogP contribution is 2.56. The second-order valence-corrected chi connectivity index (χ2v) is 32.7. The molecule has 4 N–H and O–H groups in total. The van der Waals surface area contributed by atoms with Gasteiger partial charge in [-0.3, -0.25) is 0 Å². The van der Waals surface area contributed by atoms with Gasteiger partial charge in [0, 0.05) is 5.04 Å². The molecule has 0 radical (unpaired) electrons. The fraction of sp³-hybridized carbons (Fsp3) is 1.00. The van der Waals surface area contributed by atoms with Crippen molar-refractivity contribution in [3.8, 4) is 0 Å². The summed E-state index contributed by atoms with van der Waals surface area (Å²) in [7, 11) is -8.25. The first-order chi connectivity index (χ1) is 14.8. The zero-order chi connectivity index (χ0) is 27.7. The molecule has 0 saturated carbocycles. The predicted molar refractivity (Wildman–Crippen MR) is 162 cm³/mol. The minimum Gasteiger partial charge on any atom is -0.413 e. The van der Waals surface area contributed by atoms with E-state index in [0.717, 1.165) is 25.3 Å². The van der Waals surface area contributed by atoms with E-state index in [0.29, 0.717) is 6.54 Å². The average Bonchev–Trinajstić information content (AvgIpc) is 2.61. The van der Waals surface area contributed by atoms with Gasteiger partial charge in [-0.1, -0.05) is 40.4 Å². The van der Waals surface area contributed by atoms with Gasteiger partial charge in [-0.05, 0) is 98.8 Å². The third-order valence-electron chi connectivity index (χ3n) is 8.78. The van der Waals surface area contributed by atoms with Crippen LogP contribution in [0.1, 0.15) is 67.7 Å². The van der Waals surface area contributed by atoms with Crippen LogP contribution in [0.5, 0.6) is 0 Å². The summed E-state index contributed by atoms with van der Waals surface area (Å²) in [5.41, 5.74) is 12.7. The van der Waals surface area contributed by atoms with Gasteiger partial charge in [-0.2, -0.15) is 0 Å². The molecule has 0 fully saturated rings. The highest BCUT2D eigenvalue weighted by Gasteiger charge is 2.61. The molecule has 0 aromatic carbocycles. The summed E-state index contributed by atoms with van der Waals surface area (Å²) in [5, 5.41) is -1.02. The van der Waals surface area contributed by atoms with Crippen molar-refractivity contribution in [3.05, 3.63) is 0 Å². The van der Waals surface area contributed by atoms with Gasteiger partial charge in [-0.25, -0.2) is 0 Å². The molecule has 0 spiro atoms. The van der Waals surface area contributed by atoms with Crippen LogP contribution in [0.25, 0.3) is 0 Å². The predicted octanol–water partition coefficient (Wildman–Crippen LogP) is 7.21. The molecule has 0 aromatic rings. The third kappa shape index (κ3) is 7.60. The molecule has 3 atom stereocenters. The molecule has 0 heterocycles. The van der Waals surface area contributed by atoms with E-state index in [1.165, 1.54) is 0 Å². The first-order valence-electron chi connectivity index (χ1n) is 13.4. The van der Waals surface area contributed by atoms with Crippen LogP contribution in [0.3, 0.4) is 0 Å². The van der Waals surface area contributed by atoms with E-state index < -0.39 is 44.0 Å². The monoisotopic (exact) mass is 550 g/mol. The van der Waals surface area contributed by atoms with E-state index in [2.05, 4.69) is 107 Å². The van der Waals surface area contributed by atoms with Gasteiger partial charge in [0.25, 0.3) is 0 Å². The number of rotatable bonds is 15. The third-order valence-corrected chi connectivity index (χ3v) is 22.7. The first-order valence-corrected chi connectivity index (χ1v) is 25.8. The Kier molecular flexibility index (Phi) is 11.4. The van der Waals surface area contributed by atoms with Crippen LogP contribution >= 0.6 is 0 Å². The van der Waals surface area contributed by atoms with Crippen LogP contribution < -0.4 is 11.5 Å². The summed E-state index contributed by atoms with van der Waals surface area (Å²) >= 11 is 0. The lowest BCUT2D eigenvalue weighted by atomic mass is 9.89. The summed E-state index contributed by atoms with van der Waals surface area (Å²) < 4.78 is 21.3. The largest absolute Gasteiger partial charge is 0.413 e. The zero-order valence-electron chi connectivity index (χ0n) is 25.9. The second-order valence-electron chi connectivity index (χ2n) is 14.3. The zero-order valence-corrected chi connectivity index (χ0v) is 29.9. The van der Waals surface area contributed by atoms with Crippen molar-refractivity contribution in [2.45, 2.75) is 154 Å². The van der Waals surface area contributed by atoms with Gasteiger partial charge in [-0.15, -0.1) is 0 Å². The molecule has 0 aromatic heterocycles. The fourth-order valence-corrected chi connectivity index (χ4v) is 18.3. The lowest BCUT2D eigenvalue weighted by Crippen LogP contribution is -2.70. The van der Waals surface area contributed by atoms with E-state index in [1.807, 2.05) is 0 Å². The van der Waals surface area contributed by atoms with Crippen molar-refractivity contribution in [1.82, 2.24) is 0 Å². The fourth-order valence-electron chi connectivity index (χ4n) is 5.23.